The SMILES string of the molecule is COC(=O)c1ccccc1N(Cl)C(=O)N(C1CC1)C1(Cl)CC1. The smallest absolute Gasteiger partial charge is 0.341 e. The number of anilines is 1. The van der Waals surface area contributed by atoms with Crippen molar-refractivity contribution in [3.8, 4) is 0 Å². The maximum atomic E-state index is 12.8. The molecule has 0 atom stereocenters. The normalized spacial score (nSPS) is 18.5. The molecule has 0 saturated heterocycles. The fraction of sp³-hybridized carbons (Fsp3) is 0.467. The van der Waals surface area contributed by atoms with E-state index < -0.39 is 17.0 Å². The van der Waals surface area contributed by atoms with Gasteiger partial charge in [-0.3, -0.25) is 0 Å². The summed E-state index contributed by atoms with van der Waals surface area (Å²) in [6.07, 6.45) is 3.40. The van der Waals surface area contributed by atoms with E-state index in [9.17, 15) is 9.59 Å². The zero-order valence-electron chi connectivity index (χ0n) is 12.1. The molecule has 0 heterocycles. The lowest BCUT2D eigenvalue weighted by atomic mass is 10.2. The van der Waals surface area contributed by atoms with E-state index in [0.717, 1.165) is 30.1 Å². The first kappa shape index (κ1) is 15.4. The number of esters is 1. The molecule has 0 unspecified atom stereocenters. The average Bonchev–Trinajstić information content (AvgIpc) is 3.45. The number of amides is 2. The number of methoxy groups -OCH3 is 1. The monoisotopic (exact) mass is 342 g/mol. The second kappa shape index (κ2) is 5.63. The third-order valence-corrected chi connectivity index (χ3v) is 4.79. The number of halogens is 2. The molecule has 0 spiro atoms. The molecule has 0 radical (unpaired) electrons. The topological polar surface area (TPSA) is 49.9 Å². The van der Waals surface area contributed by atoms with Crippen LogP contribution in [0, 0.1) is 0 Å². The molecule has 0 N–H and O–H groups in total. The van der Waals surface area contributed by atoms with Gasteiger partial charge < -0.3 is 9.64 Å². The number of para-hydroxylation sites is 1. The fourth-order valence-electron chi connectivity index (χ4n) is 2.46. The average molecular weight is 343 g/mol. The standard InChI is InChI=1S/C15H16Cl2N2O3/c1-22-13(20)11-4-2-3-5-12(11)19(17)14(21)18(10-6-7-10)15(16)8-9-15/h2-5,10H,6-9H2,1H3. The van der Waals surface area contributed by atoms with Crippen molar-refractivity contribution in [3.63, 3.8) is 0 Å². The van der Waals surface area contributed by atoms with Crippen LogP contribution in [0.3, 0.4) is 0 Å². The van der Waals surface area contributed by atoms with Crippen LogP contribution >= 0.6 is 23.4 Å². The zero-order chi connectivity index (χ0) is 15.9. The molecule has 2 saturated carbocycles. The maximum absolute atomic E-state index is 12.8. The van der Waals surface area contributed by atoms with E-state index in [1.807, 2.05) is 0 Å². The Balaban J connectivity index is 1.88. The van der Waals surface area contributed by atoms with Crippen molar-refractivity contribution in [3.05, 3.63) is 29.8 Å². The van der Waals surface area contributed by atoms with E-state index >= 15 is 0 Å². The van der Waals surface area contributed by atoms with Gasteiger partial charge in [0.15, 0.2) is 0 Å². The highest BCUT2D eigenvalue weighted by atomic mass is 35.5. The number of hydrogen-bond acceptors (Lipinski definition) is 3. The Morgan fingerprint density at radius 2 is 1.91 bits per heavy atom. The lowest BCUT2D eigenvalue weighted by Gasteiger charge is -2.31. The van der Waals surface area contributed by atoms with Gasteiger partial charge in [-0.05, 0) is 37.8 Å². The van der Waals surface area contributed by atoms with Crippen LogP contribution in [0.2, 0.25) is 0 Å². The number of hydrogen-bond donors (Lipinski definition) is 0. The van der Waals surface area contributed by atoms with Crippen LogP contribution in [0.25, 0.3) is 0 Å². The van der Waals surface area contributed by atoms with Gasteiger partial charge in [-0.1, -0.05) is 23.7 Å². The molecule has 7 heteroatoms. The number of carbonyl (C=O) groups excluding carboxylic acids is 2. The van der Waals surface area contributed by atoms with E-state index in [4.69, 9.17) is 28.1 Å². The van der Waals surface area contributed by atoms with Crippen molar-refractivity contribution in [2.45, 2.75) is 36.7 Å². The number of rotatable bonds is 4. The van der Waals surface area contributed by atoms with Crippen LogP contribution < -0.4 is 4.42 Å². The highest BCUT2D eigenvalue weighted by Gasteiger charge is 2.55. The van der Waals surface area contributed by atoms with E-state index in [1.54, 1.807) is 29.2 Å². The molecule has 1 aromatic rings. The van der Waals surface area contributed by atoms with Gasteiger partial charge in [0.05, 0.1) is 18.4 Å². The number of alkyl halides is 1. The van der Waals surface area contributed by atoms with Crippen LogP contribution in [-0.4, -0.2) is 35.1 Å². The second-order valence-corrected chi connectivity index (χ2v) is 6.63. The van der Waals surface area contributed by atoms with Gasteiger partial charge in [-0.15, -0.1) is 0 Å². The van der Waals surface area contributed by atoms with Crippen LogP contribution in [0.4, 0.5) is 10.5 Å². The maximum Gasteiger partial charge on any atom is 0.341 e. The predicted octanol–water partition coefficient (Wildman–Crippen LogP) is 3.75. The number of nitrogens with zero attached hydrogens (tertiary/aromatic N) is 2. The molecule has 118 valence electrons. The van der Waals surface area contributed by atoms with Crippen molar-refractivity contribution in [2.24, 2.45) is 0 Å². The molecule has 2 aliphatic rings. The Labute approximate surface area is 138 Å². The van der Waals surface area contributed by atoms with Crippen molar-refractivity contribution >= 4 is 41.1 Å². The molecule has 2 amide bonds. The third-order valence-electron chi connectivity index (χ3n) is 3.90. The van der Waals surface area contributed by atoms with Crippen LogP contribution in [-0.2, 0) is 4.74 Å². The summed E-state index contributed by atoms with van der Waals surface area (Å²) in [5.74, 6) is -0.543. The Kier molecular flexibility index (Phi) is 3.95. The number of ether oxygens (including phenoxy) is 1. The van der Waals surface area contributed by atoms with Crippen LogP contribution in [0.1, 0.15) is 36.0 Å². The Morgan fingerprint density at radius 1 is 1.27 bits per heavy atom. The molecule has 22 heavy (non-hydrogen) atoms. The summed E-state index contributed by atoms with van der Waals surface area (Å²) >= 11 is 12.7. The van der Waals surface area contributed by atoms with E-state index in [2.05, 4.69) is 0 Å². The molecule has 0 bridgehead atoms. The van der Waals surface area contributed by atoms with Gasteiger partial charge in [-0.2, -0.15) is 0 Å². The highest BCUT2D eigenvalue weighted by molar-refractivity contribution is 6.38. The summed E-state index contributed by atoms with van der Waals surface area (Å²) < 4.78 is 5.70. The molecule has 1 aromatic carbocycles. The third kappa shape index (κ3) is 2.75. The molecule has 0 aromatic heterocycles. The van der Waals surface area contributed by atoms with Gasteiger partial charge in [0.1, 0.15) is 5.00 Å². The lowest BCUT2D eigenvalue weighted by molar-refractivity contribution is 0.0602. The first-order chi connectivity index (χ1) is 10.5. The van der Waals surface area contributed by atoms with E-state index in [1.165, 1.54) is 7.11 Å². The fourth-order valence-corrected chi connectivity index (χ4v) is 2.99. The Morgan fingerprint density at radius 3 is 2.45 bits per heavy atom. The van der Waals surface area contributed by atoms with Gasteiger partial charge in [0, 0.05) is 17.8 Å². The van der Waals surface area contributed by atoms with Crippen molar-refractivity contribution in [1.29, 1.82) is 0 Å². The van der Waals surface area contributed by atoms with Crippen LogP contribution in [0.15, 0.2) is 24.3 Å². The number of benzene rings is 1. The first-order valence-electron chi connectivity index (χ1n) is 7.13. The molecule has 3 rings (SSSR count). The summed E-state index contributed by atoms with van der Waals surface area (Å²) in [5.41, 5.74) is 0.538. The van der Waals surface area contributed by atoms with E-state index in [0.29, 0.717) is 5.69 Å². The minimum absolute atomic E-state index is 0.138. The van der Waals surface area contributed by atoms with Crippen molar-refractivity contribution < 1.29 is 14.3 Å². The summed E-state index contributed by atoms with van der Waals surface area (Å²) in [7, 11) is 1.29. The molecule has 5 nitrogen and oxygen atoms in total. The van der Waals surface area contributed by atoms with Gasteiger partial charge in [-0.25, -0.2) is 14.0 Å². The summed E-state index contributed by atoms with van der Waals surface area (Å²) in [5, 5.41) is 0. The first-order valence-corrected chi connectivity index (χ1v) is 7.85. The zero-order valence-corrected chi connectivity index (χ0v) is 13.6. The van der Waals surface area contributed by atoms with Gasteiger partial charge in [0.25, 0.3) is 0 Å². The van der Waals surface area contributed by atoms with Gasteiger partial charge >= 0.3 is 12.0 Å². The van der Waals surface area contributed by atoms with Crippen molar-refractivity contribution in [1.82, 2.24) is 4.90 Å². The van der Waals surface area contributed by atoms with Gasteiger partial charge in [0.2, 0.25) is 0 Å². The predicted molar refractivity (Wildman–Crippen MR) is 84.2 cm³/mol. The minimum Gasteiger partial charge on any atom is -0.465 e. The summed E-state index contributed by atoms with van der Waals surface area (Å²) in [6.45, 7) is 0. The number of carbonyl (C=O) groups is 2. The summed E-state index contributed by atoms with van der Waals surface area (Å²) in [4.78, 5) is 25.6. The molecule has 2 fully saturated rings. The molecular weight excluding hydrogens is 327 g/mol. The van der Waals surface area contributed by atoms with Crippen LogP contribution in [0.5, 0.6) is 0 Å². The summed E-state index contributed by atoms with van der Waals surface area (Å²) in [6, 6.07) is 6.31. The molecule has 2 aliphatic carbocycles. The second-order valence-electron chi connectivity index (χ2n) is 5.59. The van der Waals surface area contributed by atoms with Crippen molar-refractivity contribution in [2.75, 3.05) is 11.5 Å². The largest absolute Gasteiger partial charge is 0.465 e. The number of urea groups is 1. The molecular formula is C15H16Cl2N2O3. The lowest BCUT2D eigenvalue weighted by Crippen LogP contribution is -2.46. The Hall–Kier alpha value is -1.46. The highest BCUT2D eigenvalue weighted by Crippen LogP contribution is 2.51. The quantitative estimate of drug-likeness (QED) is 0.362. The Bertz CT molecular complexity index is 615. The molecule has 0 aliphatic heterocycles. The van der Waals surface area contributed by atoms with E-state index in [-0.39, 0.29) is 11.6 Å². The minimum atomic E-state index is -0.619.